The molecule has 0 aromatic heterocycles. The van der Waals surface area contributed by atoms with Crippen molar-refractivity contribution in [3.63, 3.8) is 0 Å². The van der Waals surface area contributed by atoms with E-state index in [4.69, 9.17) is 9.47 Å². The van der Waals surface area contributed by atoms with Crippen LogP contribution < -0.4 is 0 Å². The van der Waals surface area contributed by atoms with Gasteiger partial charge in [0.15, 0.2) is 5.79 Å². The van der Waals surface area contributed by atoms with Crippen molar-refractivity contribution < 1.29 is 9.47 Å². The molecule has 0 amide bonds. The smallest absolute Gasteiger partial charge is 0.170 e. The van der Waals surface area contributed by atoms with E-state index in [9.17, 15) is 0 Å². The zero-order valence-electron chi connectivity index (χ0n) is 12.1. The van der Waals surface area contributed by atoms with Crippen LogP contribution in [0.15, 0.2) is 30.3 Å². The molecular weight excluding hydrogens is 238 g/mol. The van der Waals surface area contributed by atoms with Crippen molar-refractivity contribution in [2.24, 2.45) is 0 Å². The molecule has 1 aromatic carbocycles. The highest BCUT2D eigenvalue weighted by Gasteiger charge is 2.35. The van der Waals surface area contributed by atoms with Gasteiger partial charge in [0, 0.05) is 45.7 Å². The molecule has 19 heavy (non-hydrogen) atoms. The normalized spacial score (nSPS) is 19.5. The van der Waals surface area contributed by atoms with Gasteiger partial charge >= 0.3 is 0 Å². The number of nitrogens with zero attached hydrogens (tertiary/aromatic N) is 1. The molecule has 3 nitrogen and oxygen atoms in total. The van der Waals surface area contributed by atoms with Gasteiger partial charge in [0.2, 0.25) is 0 Å². The SMILES string of the molecule is CCOC1(OCC)CCN(Cc2ccccc2)CC1. The van der Waals surface area contributed by atoms with Gasteiger partial charge in [-0.25, -0.2) is 0 Å². The number of ether oxygens (including phenoxy) is 2. The molecule has 0 radical (unpaired) electrons. The lowest BCUT2D eigenvalue weighted by atomic mass is 10.0. The fraction of sp³-hybridized carbons (Fsp3) is 0.625. The summed E-state index contributed by atoms with van der Waals surface area (Å²) in [4.78, 5) is 2.48. The lowest BCUT2D eigenvalue weighted by Gasteiger charge is -2.41. The number of piperidine rings is 1. The predicted molar refractivity (Wildman–Crippen MR) is 76.9 cm³/mol. The van der Waals surface area contributed by atoms with Gasteiger partial charge in [-0.2, -0.15) is 0 Å². The maximum atomic E-state index is 5.86. The van der Waals surface area contributed by atoms with Crippen LogP contribution in [0.4, 0.5) is 0 Å². The van der Waals surface area contributed by atoms with Crippen LogP contribution >= 0.6 is 0 Å². The van der Waals surface area contributed by atoms with E-state index in [0.717, 1.165) is 45.7 Å². The zero-order valence-corrected chi connectivity index (χ0v) is 12.1. The first kappa shape index (κ1) is 14.5. The molecule has 106 valence electrons. The third-order valence-electron chi connectivity index (χ3n) is 3.68. The zero-order chi connectivity index (χ0) is 13.6. The second kappa shape index (κ2) is 7.04. The Morgan fingerprint density at radius 3 is 2.11 bits per heavy atom. The van der Waals surface area contributed by atoms with Crippen molar-refractivity contribution in [3.8, 4) is 0 Å². The van der Waals surface area contributed by atoms with E-state index in [-0.39, 0.29) is 5.79 Å². The van der Waals surface area contributed by atoms with E-state index in [2.05, 4.69) is 35.2 Å². The Morgan fingerprint density at radius 1 is 1.00 bits per heavy atom. The largest absolute Gasteiger partial charge is 0.350 e. The standard InChI is InChI=1S/C16H25NO2/c1-3-18-16(19-4-2)10-12-17(13-11-16)14-15-8-6-5-7-9-15/h5-9H,3-4,10-14H2,1-2H3. The first-order valence-corrected chi connectivity index (χ1v) is 7.32. The van der Waals surface area contributed by atoms with E-state index < -0.39 is 0 Å². The summed E-state index contributed by atoms with van der Waals surface area (Å²) in [5.74, 6) is -0.337. The predicted octanol–water partition coefficient (Wildman–Crippen LogP) is 3.05. The fourth-order valence-corrected chi connectivity index (χ4v) is 2.75. The van der Waals surface area contributed by atoms with Gasteiger partial charge in [-0.1, -0.05) is 30.3 Å². The maximum absolute atomic E-state index is 5.86. The Labute approximate surface area is 116 Å². The van der Waals surface area contributed by atoms with Gasteiger partial charge in [-0.3, -0.25) is 4.90 Å². The second-order valence-electron chi connectivity index (χ2n) is 5.04. The van der Waals surface area contributed by atoms with Crippen LogP contribution in [0, 0.1) is 0 Å². The average molecular weight is 263 g/mol. The number of hydrogen-bond acceptors (Lipinski definition) is 3. The van der Waals surface area contributed by atoms with Gasteiger partial charge in [-0.15, -0.1) is 0 Å². The first-order chi connectivity index (χ1) is 9.28. The lowest BCUT2D eigenvalue weighted by Crippen LogP contribution is -2.47. The molecule has 0 N–H and O–H groups in total. The van der Waals surface area contributed by atoms with E-state index in [1.165, 1.54) is 5.56 Å². The Balaban J connectivity index is 1.87. The number of benzene rings is 1. The Hall–Kier alpha value is -0.900. The molecule has 1 fully saturated rings. The summed E-state index contributed by atoms with van der Waals surface area (Å²) in [6.07, 6.45) is 1.92. The van der Waals surface area contributed by atoms with E-state index in [1.807, 2.05) is 13.8 Å². The number of likely N-dealkylation sites (tertiary alicyclic amines) is 1. The first-order valence-electron chi connectivity index (χ1n) is 7.32. The second-order valence-corrected chi connectivity index (χ2v) is 5.04. The van der Waals surface area contributed by atoms with Gasteiger partial charge in [0.1, 0.15) is 0 Å². The van der Waals surface area contributed by atoms with Crippen LogP contribution in [0.3, 0.4) is 0 Å². The van der Waals surface area contributed by atoms with E-state index in [0.29, 0.717) is 0 Å². The molecule has 0 aliphatic carbocycles. The summed E-state index contributed by atoms with van der Waals surface area (Å²) < 4.78 is 11.7. The summed E-state index contributed by atoms with van der Waals surface area (Å²) in [5, 5.41) is 0. The Bertz CT molecular complexity index is 350. The molecule has 0 unspecified atom stereocenters. The van der Waals surface area contributed by atoms with Crippen molar-refractivity contribution in [1.82, 2.24) is 4.90 Å². The van der Waals surface area contributed by atoms with Crippen LogP contribution in [-0.2, 0) is 16.0 Å². The van der Waals surface area contributed by atoms with Gasteiger partial charge in [0.05, 0.1) is 0 Å². The number of rotatable bonds is 6. The molecule has 1 saturated heterocycles. The molecule has 2 rings (SSSR count). The van der Waals surface area contributed by atoms with Crippen LogP contribution in [0.25, 0.3) is 0 Å². The molecule has 0 spiro atoms. The van der Waals surface area contributed by atoms with E-state index in [1.54, 1.807) is 0 Å². The topological polar surface area (TPSA) is 21.7 Å². The molecule has 1 aromatic rings. The van der Waals surface area contributed by atoms with Crippen LogP contribution in [-0.4, -0.2) is 37.0 Å². The molecule has 0 bridgehead atoms. The van der Waals surface area contributed by atoms with Crippen molar-refractivity contribution in [3.05, 3.63) is 35.9 Å². The Morgan fingerprint density at radius 2 is 1.58 bits per heavy atom. The molecule has 1 heterocycles. The van der Waals surface area contributed by atoms with Crippen molar-refractivity contribution in [1.29, 1.82) is 0 Å². The third-order valence-corrected chi connectivity index (χ3v) is 3.68. The van der Waals surface area contributed by atoms with Crippen LogP contribution in [0.1, 0.15) is 32.3 Å². The highest BCUT2D eigenvalue weighted by atomic mass is 16.7. The summed E-state index contributed by atoms with van der Waals surface area (Å²) in [7, 11) is 0. The van der Waals surface area contributed by atoms with Gasteiger partial charge in [-0.05, 0) is 19.4 Å². The monoisotopic (exact) mass is 263 g/mol. The van der Waals surface area contributed by atoms with Crippen molar-refractivity contribution >= 4 is 0 Å². The molecule has 1 aliphatic rings. The number of hydrogen-bond donors (Lipinski definition) is 0. The Kier molecular flexibility index (Phi) is 5.37. The fourth-order valence-electron chi connectivity index (χ4n) is 2.75. The van der Waals surface area contributed by atoms with Gasteiger partial charge in [0.25, 0.3) is 0 Å². The van der Waals surface area contributed by atoms with Crippen molar-refractivity contribution in [2.45, 2.75) is 39.0 Å². The molecular formula is C16H25NO2. The third kappa shape index (κ3) is 4.03. The summed E-state index contributed by atoms with van der Waals surface area (Å²) in [6.45, 7) is 8.62. The highest BCUT2D eigenvalue weighted by Crippen LogP contribution is 2.28. The molecule has 1 aliphatic heterocycles. The highest BCUT2D eigenvalue weighted by molar-refractivity contribution is 5.14. The summed E-state index contributed by atoms with van der Waals surface area (Å²) in [5.41, 5.74) is 1.38. The molecule has 0 atom stereocenters. The average Bonchev–Trinajstić information content (AvgIpc) is 2.43. The quantitative estimate of drug-likeness (QED) is 0.736. The summed E-state index contributed by atoms with van der Waals surface area (Å²) >= 11 is 0. The summed E-state index contributed by atoms with van der Waals surface area (Å²) in [6, 6.07) is 10.6. The lowest BCUT2D eigenvalue weighted by molar-refractivity contribution is -0.253. The van der Waals surface area contributed by atoms with Crippen LogP contribution in [0.2, 0.25) is 0 Å². The minimum atomic E-state index is -0.337. The maximum Gasteiger partial charge on any atom is 0.170 e. The minimum absolute atomic E-state index is 0.337. The molecule has 0 saturated carbocycles. The molecule has 3 heteroatoms. The van der Waals surface area contributed by atoms with Crippen molar-refractivity contribution in [2.75, 3.05) is 26.3 Å². The van der Waals surface area contributed by atoms with E-state index >= 15 is 0 Å². The van der Waals surface area contributed by atoms with Crippen LogP contribution in [0.5, 0.6) is 0 Å². The minimum Gasteiger partial charge on any atom is -0.350 e. The van der Waals surface area contributed by atoms with Gasteiger partial charge < -0.3 is 9.47 Å².